The largest absolute Gasteiger partial charge is 0.393 e. The Bertz CT molecular complexity index is 872. The van der Waals surface area contributed by atoms with Crippen LogP contribution in [0.15, 0.2) is 54.0 Å². The molecule has 1 aromatic carbocycles. The Hall–Kier alpha value is -2.24. The van der Waals surface area contributed by atoms with E-state index in [9.17, 15) is 9.90 Å². The average Bonchev–Trinajstić information content (AvgIpc) is 3.09. The number of carbonyl (C=O) groups is 1. The molecule has 1 fully saturated rings. The highest BCUT2D eigenvalue weighted by Gasteiger charge is 2.35. The molecule has 2 heterocycles. The Morgan fingerprint density at radius 1 is 1.28 bits per heavy atom. The van der Waals surface area contributed by atoms with Gasteiger partial charge < -0.3 is 10.4 Å². The van der Waals surface area contributed by atoms with E-state index in [0.717, 1.165) is 34.2 Å². The highest BCUT2D eigenvalue weighted by atomic mass is 32.1. The van der Waals surface area contributed by atoms with Gasteiger partial charge in [-0.1, -0.05) is 24.3 Å². The van der Waals surface area contributed by atoms with Crippen LogP contribution in [0.25, 0.3) is 10.9 Å². The molecule has 1 atom stereocenters. The van der Waals surface area contributed by atoms with Crippen LogP contribution in [-0.2, 0) is 11.2 Å². The van der Waals surface area contributed by atoms with Gasteiger partial charge in [0.25, 0.3) is 0 Å². The second kappa shape index (κ2) is 6.94. The summed E-state index contributed by atoms with van der Waals surface area (Å²) in [7, 11) is 0. The topological polar surface area (TPSA) is 62.2 Å². The maximum atomic E-state index is 12.5. The fourth-order valence-corrected chi connectivity index (χ4v) is 4.13. The predicted octanol–water partition coefficient (Wildman–Crippen LogP) is 3.47. The predicted molar refractivity (Wildman–Crippen MR) is 99.4 cm³/mol. The summed E-state index contributed by atoms with van der Waals surface area (Å²) in [6.07, 6.45) is 3.43. The minimum absolute atomic E-state index is 0.0157. The molecule has 4 rings (SSSR count). The maximum Gasteiger partial charge on any atom is 0.225 e. The summed E-state index contributed by atoms with van der Waals surface area (Å²) in [5.41, 5.74) is 1.96. The highest BCUT2D eigenvalue weighted by molar-refractivity contribution is 7.10. The summed E-state index contributed by atoms with van der Waals surface area (Å²) in [6, 6.07) is 13.9. The number of pyridine rings is 1. The van der Waals surface area contributed by atoms with Crippen molar-refractivity contribution < 1.29 is 9.90 Å². The molecule has 0 spiro atoms. The Morgan fingerprint density at radius 2 is 2.12 bits per heavy atom. The second-order valence-electron chi connectivity index (χ2n) is 6.65. The Labute approximate surface area is 150 Å². The van der Waals surface area contributed by atoms with Crippen molar-refractivity contribution in [3.8, 4) is 0 Å². The SMILES string of the molecule is O=C(Cc1cccs1)N[C@H](c1cnc2ccccc2c1)C1CC(O)C1. The Balaban J connectivity index is 1.57. The summed E-state index contributed by atoms with van der Waals surface area (Å²) in [4.78, 5) is 18.1. The van der Waals surface area contributed by atoms with Gasteiger partial charge in [0.05, 0.1) is 24.1 Å². The van der Waals surface area contributed by atoms with Crippen molar-refractivity contribution in [1.29, 1.82) is 0 Å². The van der Waals surface area contributed by atoms with Crippen molar-refractivity contribution >= 4 is 28.1 Å². The molecule has 25 heavy (non-hydrogen) atoms. The molecule has 0 aliphatic heterocycles. The first-order valence-corrected chi connectivity index (χ1v) is 9.41. The van der Waals surface area contributed by atoms with Crippen LogP contribution in [0, 0.1) is 5.92 Å². The molecule has 4 nitrogen and oxygen atoms in total. The lowest BCUT2D eigenvalue weighted by atomic mass is 9.75. The highest BCUT2D eigenvalue weighted by Crippen LogP contribution is 2.38. The van der Waals surface area contributed by atoms with E-state index in [2.05, 4.69) is 16.4 Å². The number of benzene rings is 1. The fraction of sp³-hybridized carbons (Fsp3) is 0.300. The first-order chi connectivity index (χ1) is 12.2. The summed E-state index contributed by atoms with van der Waals surface area (Å²) >= 11 is 1.59. The van der Waals surface area contributed by atoms with Gasteiger partial charge in [0.1, 0.15) is 0 Å². The molecule has 5 heteroatoms. The number of fused-ring (bicyclic) bond motifs is 1. The number of nitrogens with zero attached hydrogens (tertiary/aromatic N) is 1. The molecule has 2 aromatic heterocycles. The van der Waals surface area contributed by atoms with Gasteiger partial charge in [-0.3, -0.25) is 9.78 Å². The van der Waals surface area contributed by atoms with Crippen LogP contribution >= 0.6 is 11.3 Å². The molecule has 128 valence electrons. The van der Waals surface area contributed by atoms with Crippen LogP contribution in [0.4, 0.5) is 0 Å². The van der Waals surface area contributed by atoms with Crippen molar-refractivity contribution in [1.82, 2.24) is 10.3 Å². The maximum absolute atomic E-state index is 12.5. The quantitative estimate of drug-likeness (QED) is 0.739. The summed E-state index contributed by atoms with van der Waals surface area (Å²) in [5, 5.41) is 15.9. The molecule has 0 unspecified atom stereocenters. The van der Waals surface area contributed by atoms with Gasteiger partial charge in [0.15, 0.2) is 0 Å². The zero-order valence-electron chi connectivity index (χ0n) is 13.8. The van der Waals surface area contributed by atoms with E-state index in [1.54, 1.807) is 11.3 Å². The molecule has 1 amide bonds. The minimum atomic E-state index is -0.255. The van der Waals surface area contributed by atoms with E-state index in [1.807, 2.05) is 48.0 Å². The lowest BCUT2D eigenvalue weighted by molar-refractivity contribution is -0.122. The number of aromatic nitrogens is 1. The number of aliphatic hydroxyl groups excluding tert-OH is 1. The van der Waals surface area contributed by atoms with Gasteiger partial charge >= 0.3 is 0 Å². The monoisotopic (exact) mass is 352 g/mol. The number of nitrogens with one attached hydrogen (secondary N) is 1. The van der Waals surface area contributed by atoms with Gasteiger partial charge in [0, 0.05) is 16.5 Å². The molecule has 0 radical (unpaired) electrons. The van der Waals surface area contributed by atoms with Crippen molar-refractivity contribution in [3.63, 3.8) is 0 Å². The van der Waals surface area contributed by atoms with Crippen LogP contribution in [0.5, 0.6) is 0 Å². The van der Waals surface area contributed by atoms with Crippen molar-refractivity contribution in [2.24, 2.45) is 5.92 Å². The molecule has 3 aromatic rings. The van der Waals surface area contributed by atoms with Gasteiger partial charge in [-0.15, -0.1) is 11.3 Å². The van der Waals surface area contributed by atoms with E-state index in [4.69, 9.17) is 0 Å². The first-order valence-electron chi connectivity index (χ1n) is 8.53. The van der Waals surface area contributed by atoms with Gasteiger partial charge in [-0.05, 0) is 47.9 Å². The molecule has 2 N–H and O–H groups in total. The second-order valence-corrected chi connectivity index (χ2v) is 7.68. The van der Waals surface area contributed by atoms with Crippen LogP contribution in [-0.4, -0.2) is 22.1 Å². The molecule has 1 aliphatic carbocycles. The summed E-state index contributed by atoms with van der Waals surface area (Å²) in [5.74, 6) is 0.271. The van der Waals surface area contributed by atoms with Crippen molar-refractivity contribution in [2.75, 3.05) is 0 Å². The lowest BCUT2D eigenvalue weighted by Crippen LogP contribution is -2.41. The zero-order valence-corrected chi connectivity index (χ0v) is 14.6. The third-order valence-electron chi connectivity index (χ3n) is 4.82. The van der Waals surface area contributed by atoms with Gasteiger partial charge in [0.2, 0.25) is 5.91 Å². The number of carbonyl (C=O) groups excluding carboxylic acids is 1. The van der Waals surface area contributed by atoms with E-state index in [0.29, 0.717) is 6.42 Å². The Kier molecular flexibility index (Phi) is 4.51. The summed E-state index contributed by atoms with van der Waals surface area (Å²) in [6.45, 7) is 0. The van der Waals surface area contributed by atoms with E-state index in [-0.39, 0.29) is 24.0 Å². The van der Waals surface area contributed by atoms with Crippen LogP contribution < -0.4 is 5.32 Å². The molecule has 0 bridgehead atoms. The fourth-order valence-electron chi connectivity index (χ4n) is 3.43. The summed E-state index contributed by atoms with van der Waals surface area (Å²) < 4.78 is 0. The molecule has 1 aliphatic rings. The van der Waals surface area contributed by atoms with Crippen molar-refractivity contribution in [2.45, 2.75) is 31.4 Å². The molecule has 0 saturated heterocycles. The number of amides is 1. The van der Waals surface area contributed by atoms with Crippen LogP contribution in [0.3, 0.4) is 0 Å². The van der Waals surface area contributed by atoms with Crippen LogP contribution in [0.2, 0.25) is 0 Å². The molecule has 1 saturated carbocycles. The number of para-hydroxylation sites is 1. The van der Waals surface area contributed by atoms with Crippen LogP contribution in [0.1, 0.15) is 29.3 Å². The van der Waals surface area contributed by atoms with E-state index >= 15 is 0 Å². The third-order valence-corrected chi connectivity index (χ3v) is 5.70. The number of aliphatic hydroxyl groups is 1. The normalized spacial score (nSPS) is 20.8. The minimum Gasteiger partial charge on any atom is -0.393 e. The number of hydrogen-bond donors (Lipinski definition) is 2. The van der Waals surface area contributed by atoms with E-state index < -0.39 is 0 Å². The van der Waals surface area contributed by atoms with Gasteiger partial charge in [-0.25, -0.2) is 0 Å². The number of rotatable bonds is 5. The van der Waals surface area contributed by atoms with E-state index in [1.165, 1.54) is 0 Å². The van der Waals surface area contributed by atoms with Gasteiger partial charge in [-0.2, -0.15) is 0 Å². The third kappa shape index (κ3) is 3.57. The molecular formula is C20H20N2O2S. The smallest absolute Gasteiger partial charge is 0.225 e. The lowest BCUT2D eigenvalue weighted by Gasteiger charge is -2.38. The van der Waals surface area contributed by atoms with Crippen molar-refractivity contribution in [3.05, 3.63) is 64.5 Å². The average molecular weight is 352 g/mol. The first kappa shape index (κ1) is 16.2. The molecular weight excluding hydrogens is 332 g/mol. The number of thiophene rings is 1. The standard InChI is InChI=1S/C20H20N2O2S/c23-16-9-14(10-16)20(22-19(24)11-17-5-3-7-25-17)15-8-13-4-1-2-6-18(13)21-12-15/h1-8,12,14,16,20,23H,9-11H2,(H,22,24)/t14?,16?,20-/m0/s1. The Morgan fingerprint density at radius 3 is 2.88 bits per heavy atom. The zero-order chi connectivity index (χ0) is 17.2. The number of hydrogen-bond acceptors (Lipinski definition) is 4.